The quantitative estimate of drug-likeness (QED) is 0.373. The van der Waals surface area contributed by atoms with Crippen LogP contribution in [0.2, 0.25) is 0 Å². The number of benzene rings is 2. The molecule has 26 heavy (non-hydrogen) atoms. The van der Waals surface area contributed by atoms with Gasteiger partial charge in [-0.25, -0.2) is 13.2 Å². The summed E-state index contributed by atoms with van der Waals surface area (Å²) < 4.78 is 26.7. The fourth-order valence-electron chi connectivity index (χ4n) is 2.01. The van der Waals surface area contributed by atoms with E-state index in [0.717, 1.165) is 5.56 Å². The first-order chi connectivity index (χ1) is 12.5. The van der Waals surface area contributed by atoms with E-state index in [1.807, 2.05) is 30.3 Å². The molecule has 0 bridgehead atoms. The van der Waals surface area contributed by atoms with Crippen molar-refractivity contribution in [2.24, 2.45) is 0 Å². The van der Waals surface area contributed by atoms with Crippen LogP contribution in [-0.4, -0.2) is 38.8 Å². The third-order valence-electron chi connectivity index (χ3n) is 3.39. The second-order valence-electron chi connectivity index (χ2n) is 5.33. The van der Waals surface area contributed by atoms with Gasteiger partial charge in [0.05, 0.1) is 11.4 Å². The number of carbonyl (C=O) groups is 2. The maximum Gasteiger partial charge on any atom is 0.384 e. The molecule has 134 valence electrons. The first kappa shape index (κ1) is 19.2. The van der Waals surface area contributed by atoms with Crippen LogP contribution in [-0.2, 0) is 26.8 Å². The lowest BCUT2D eigenvalue weighted by molar-refractivity contribution is -0.137. The highest BCUT2D eigenvalue weighted by atomic mass is 32.2. The molecule has 1 amide bonds. The summed E-state index contributed by atoms with van der Waals surface area (Å²) in [6.45, 7) is 0.175. The molecule has 0 aliphatic heterocycles. The van der Waals surface area contributed by atoms with Gasteiger partial charge in [0.2, 0.25) is 0 Å². The van der Waals surface area contributed by atoms with Gasteiger partial charge in [0, 0.05) is 18.5 Å². The Balaban J connectivity index is 1.85. The minimum atomic E-state index is -2.68. The Morgan fingerprint density at radius 1 is 1.04 bits per heavy atom. The molecule has 0 heterocycles. The molecule has 0 fully saturated rings. The lowest BCUT2D eigenvalue weighted by Crippen LogP contribution is -2.27. The molecule has 0 atom stereocenters. The molecule has 0 N–H and O–H groups in total. The van der Waals surface area contributed by atoms with Gasteiger partial charge in [-0.15, -0.1) is 0 Å². The van der Waals surface area contributed by atoms with Gasteiger partial charge in [-0.05, 0) is 29.8 Å². The molecule has 0 saturated carbocycles. The maximum atomic E-state index is 12.2. The number of thiol groups is 1. The van der Waals surface area contributed by atoms with E-state index in [4.69, 9.17) is 4.74 Å². The van der Waals surface area contributed by atoms with Gasteiger partial charge < -0.3 is 9.64 Å². The highest BCUT2D eigenvalue weighted by molar-refractivity contribution is 7.72. The fraction of sp³-hybridized carbons (Fsp3) is 0.158. The second kappa shape index (κ2) is 9.39. The van der Waals surface area contributed by atoms with E-state index in [1.165, 1.54) is 36.2 Å². The number of amides is 1. The van der Waals surface area contributed by atoms with Gasteiger partial charge in [-0.1, -0.05) is 36.3 Å². The predicted molar refractivity (Wildman–Crippen MR) is 96.0 cm³/mol. The molecule has 7 heteroatoms. The smallest absolute Gasteiger partial charge is 0.384 e. The monoisotopic (exact) mass is 371 g/mol. The lowest BCUT2D eigenvalue weighted by Gasteiger charge is -2.13. The Hall–Kier alpha value is -3.11. The Bertz CT molecular complexity index is 900. The third kappa shape index (κ3) is 5.76. The van der Waals surface area contributed by atoms with Crippen molar-refractivity contribution < 1.29 is 22.7 Å². The number of rotatable bonds is 5. The van der Waals surface area contributed by atoms with Gasteiger partial charge >= 0.3 is 5.97 Å². The fourth-order valence-corrected chi connectivity index (χ4v) is 2.40. The largest absolute Gasteiger partial charge is 0.451 e. The predicted octanol–water partition coefficient (Wildman–Crippen LogP) is 1.48. The van der Waals surface area contributed by atoms with Crippen molar-refractivity contribution in [3.8, 4) is 11.8 Å². The molecule has 0 unspecified atom stereocenters. The van der Waals surface area contributed by atoms with Gasteiger partial charge in [-0.3, -0.25) is 4.79 Å². The molecule has 2 rings (SSSR count). The highest BCUT2D eigenvalue weighted by Crippen LogP contribution is 2.07. The number of hydrogen-bond acceptors (Lipinski definition) is 5. The van der Waals surface area contributed by atoms with E-state index in [0.29, 0.717) is 5.56 Å². The number of ether oxygens (including phenoxy) is 1. The Labute approximate surface area is 153 Å². The van der Waals surface area contributed by atoms with Crippen LogP contribution in [0.25, 0.3) is 0 Å². The summed E-state index contributed by atoms with van der Waals surface area (Å²) in [5.41, 5.74) is 1.19. The van der Waals surface area contributed by atoms with Crippen LogP contribution in [0.1, 0.15) is 15.9 Å². The summed E-state index contributed by atoms with van der Waals surface area (Å²) in [7, 11) is -1.14. The van der Waals surface area contributed by atoms with Crippen LogP contribution < -0.4 is 0 Å². The Morgan fingerprint density at radius 3 is 2.31 bits per heavy atom. The molecule has 6 nitrogen and oxygen atoms in total. The number of nitrogens with zero attached hydrogens (tertiary/aromatic N) is 1. The van der Waals surface area contributed by atoms with Crippen molar-refractivity contribution in [3.05, 3.63) is 65.7 Å². The standard InChI is InChI=1S/C19H17NO5S/c1-20(19(22)16-9-11-17(12-10-16)26(23)24)13-5-8-18(21)25-14-15-6-3-2-4-7-15/h2-4,6-7,9-12,26H,13-14H2,1H3. The minimum Gasteiger partial charge on any atom is -0.451 e. The van der Waals surface area contributed by atoms with Crippen LogP contribution >= 0.6 is 0 Å². The van der Waals surface area contributed by atoms with E-state index in [-0.39, 0.29) is 24.0 Å². The molecule has 0 aromatic heterocycles. The highest BCUT2D eigenvalue weighted by Gasteiger charge is 2.10. The van der Waals surface area contributed by atoms with E-state index >= 15 is 0 Å². The van der Waals surface area contributed by atoms with Crippen molar-refractivity contribution in [2.45, 2.75) is 11.5 Å². The first-order valence-corrected chi connectivity index (χ1v) is 8.84. The van der Waals surface area contributed by atoms with Crippen LogP contribution in [0.15, 0.2) is 59.5 Å². The van der Waals surface area contributed by atoms with Crippen molar-refractivity contribution in [1.29, 1.82) is 0 Å². The van der Waals surface area contributed by atoms with Crippen molar-refractivity contribution in [2.75, 3.05) is 13.6 Å². The molecule has 0 saturated heterocycles. The van der Waals surface area contributed by atoms with Gasteiger partial charge in [0.1, 0.15) is 6.61 Å². The molecular formula is C19H17NO5S. The molecule has 2 aromatic rings. The van der Waals surface area contributed by atoms with E-state index in [1.54, 1.807) is 0 Å². The molecule has 0 aliphatic rings. The average Bonchev–Trinajstić information content (AvgIpc) is 2.66. The second-order valence-corrected chi connectivity index (χ2v) is 6.36. The van der Waals surface area contributed by atoms with Crippen LogP contribution in [0, 0.1) is 11.8 Å². The number of esters is 1. The summed E-state index contributed by atoms with van der Waals surface area (Å²) in [6, 6.07) is 14.8. The zero-order chi connectivity index (χ0) is 18.9. The van der Waals surface area contributed by atoms with E-state index < -0.39 is 16.7 Å². The summed E-state index contributed by atoms with van der Waals surface area (Å²) in [5, 5.41) is 0. The van der Waals surface area contributed by atoms with Crippen LogP contribution in [0.3, 0.4) is 0 Å². The van der Waals surface area contributed by atoms with Crippen molar-refractivity contribution in [3.63, 3.8) is 0 Å². The number of carbonyl (C=O) groups excluding carboxylic acids is 2. The topological polar surface area (TPSA) is 80.8 Å². The van der Waals surface area contributed by atoms with Crippen LogP contribution in [0.5, 0.6) is 0 Å². The molecule has 0 aliphatic carbocycles. The van der Waals surface area contributed by atoms with Crippen molar-refractivity contribution in [1.82, 2.24) is 4.90 Å². The molecule has 2 aromatic carbocycles. The summed E-state index contributed by atoms with van der Waals surface area (Å²) in [4.78, 5) is 25.2. The minimum absolute atomic E-state index is 0.0385. The third-order valence-corrected chi connectivity index (χ3v) is 4.11. The summed E-state index contributed by atoms with van der Waals surface area (Å²) in [6.07, 6.45) is 0. The Kier molecular flexibility index (Phi) is 6.94. The molecular weight excluding hydrogens is 354 g/mol. The van der Waals surface area contributed by atoms with E-state index in [9.17, 15) is 18.0 Å². The van der Waals surface area contributed by atoms with Crippen molar-refractivity contribution >= 4 is 22.6 Å². The normalized spacial score (nSPS) is 9.92. The number of hydrogen-bond donors (Lipinski definition) is 1. The van der Waals surface area contributed by atoms with E-state index in [2.05, 4.69) is 11.8 Å². The maximum absolute atomic E-state index is 12.2. The lowest BCUT2D eigenvalue weighted by atomic mass is 10.2. The summed E-state index contributed by atoms with van der Waals surface area (Å²) in [5.74, 6) is 3.92. The Morgan fingerprint density at radius 2 is 1.69 bits per heavy atom. The van der Waals surface area contributed by atoms with Crippen LogP contribution in [0.4, 0.5) is 0 Å². The van der Waals surface area contributed by atoms with Gasteiger partial charge in [0.15, 0.2) is 10.7 Å². The SMILES string of the molecule is CN(CC#CC(=O)OCc1ccccc1)C(=O)c1ccc([SH](=O)=O)cc1. The molecule has 0 radical (unpaired) electrons. The summed E-state index contributed by atoms with van der Waals surface area (Å²) >= 11 is 0. The zero-order valence-corrected chi connectivity index (χ0v) is 14.9. The average molecular weight is 371 g/mol. The zero-order valence-electron chi connectivity index (χ0n) is 14.0. The molecule has 0 spiro atoms. The first-order valence-electron chi connectivity index (χ1n) is 7.67. The van der Waals surface area contributed by atoms with Gasteiger partial charge in [0.25, 0.3) is 5.91 Å². The van der Waals surface area contributed by atoms with Gasteiger partial charge in [-0.2, -0.15) is 0 Å².